The fourth-order valence-electron chi connectivity index (χ4n) is 2.41. The molecule has 1 saturated carbocycles. The highest BCUT2D eigenvalue weighted by molar-refractivity contribution is 5.09. The van der Waals surface area contributed by atoms with E-state index in [4.69, 9.17) is 5.84 Å². The second kappa shape index (κ2) is 3.58. The van der Waals surface area contributed by atoms with E-state index < -0.39 is 0 Å². The standard InChI is InChI=1S/C10H20N2/c1-8(2)9(12-11)10(3)6-4-5-7-10/h9,12H,1,4-7,11H2,2-3H3. The molecule has 0 saturated heterocycles. The molecular weight excluding hydrogens is 148 g/mol. The Bertz CT molecular complexity index is 169. The lowest BCUT2D eigenvalue weighted by molar-refractivity contribution is 0.251. The molecule has 0 aromatic heterocycles. The van der Waals surface area contributed by atoms with E-state index in [0.717, 1.165) is 5.57 Å². The largest absolute Gasteiger partial charge is 0.271 e. The molecule has 1 atom stereocenters. The molecule has 0 radical (unpaired) electrons. The van der Waals surface area contributed by atoms with Gasteiger partial charge in [0, 0.05) is 6.04 Å². The predicted molar refractivity (Wildman–Crippen MR) is 52.5 cm³/mol. The molecule has 70 valence electrons. The maximum atomic E-state index is 5.53. The first-order valence-corrected chi connectivity index (χ1v) is 4.72. The van der Waals surface area contributed by atoms with Crippen molar-refractivity contribution in [2.45, 2.75) is 45.6 Å². The zero-order valence-corrected chi connectivity index (χ0v) is 8.19. The van der Waals surface area contributed by atoms with Gasteiger partial charge in [-0.05, 0) is 25.2 Å². The summed E-state index contributed by atoms with van der Waals surface area (Å²) in [7, 11) is 0. The zero-order chi connectivity index (χ0) is 9.19. The second-order valence-electron chi connectivity index (χ2n) is 4.31. The molecule has 1 unspecified atom stereocenters. The Morgan fingerprint density at radius 1 is 1.50 bits per heavy atom. The highest BCUT2D eigenvalue weighted by Gasteiger charge is 2.36. The number of hydrazine groups is 1. The van der Waals surface area contributed by atoms with Gasteiger partial charge in [0.15, 0.2) is 0 Å². The van der Waals surface area contributed by atoms with Crippen molar-refractivity contribution in [2.75, 3.05) is 0 Å². The minimum atomic E-state index is 0.292. The summed E-state index contributed by atoms with van der Waals surface area (Å²) in [6.07, 6.45) is 5.22. The van der Waals surface area contributed by atoms with E-state index in [1.54, 1.807) is 0 Å². The van der Waals surface area contributed by atoms with Gasteiger partial charge in [0.25, 0.3) is 0 Å². The van der Waals surface area contributed by atoms with Crippen molar-refractivity contribution in [3.63, 3.8) is 0 Å². The van der Waals surface area contributed by atoms with E-state index in [0.29, 0.717) is 11.5 Å². The van der Waals surface area contributed by atoms with Crippen molar-refractivity contribution in [1.29, 1.82) is 0 Å². The Kier molecular flexibility index (Phi) is 2.91. The molecular formula is C10H20N2. The second-order valence-corrected chi connectivity index (χ2v) is 4.31. The normalized spacial score (nSPS) is 23.9. The Balaban J connectivity index is 2.69. The Morgan fingerprint density at radius 3 is 2.33 bits per heavy atom. The van der Waals surface area contributed by atoms with Gasteiger partial charge in [-0.2, -0.15) is 0 Å². The number of hydrogen-bond donors (Lipinski definition) is 2. The topological polar surface area (TPSA) is 38.0 Å². The average Bonchev–Trinajstić information content (AvgIpc) is 2.37. The minimum absolute atomic E-state index is 0.292. The third-order valence-corrected chi connectivity index (χ3v) is 3.10. The van der Waals surface area contributed by atoms with Crippen LogP contribution in [-0.2, 0) is 0 Å². The van der Waals surface area contributed by atoms with Gasteiger partial charge in [-0.25, -0.2) is 0 Å². The summed E-state index contributed by atoms with van der Waals surface area (Å²) >= 11 is 0. The quantitative estimate of drug-likeness (QED) is 0.384. The molecule has 1 aliphatic carbocycles. The molecule has 3 N–H and O–H groups in total. The molecule has 12 heavy (non-hydrogen) atoms. The lowest BCUT2D eigenvalue weighted by Gasteiger charge is -2.33. The van der Waals surface area contributed by atoms with Crippen molar-refractivity contribution in [3.8, 4) is 0 Å². The maximum Gasteiger partial charge on any atom is 0.0468 e. The fourth-order valence-corrected chi connectivity index (χ4v) is 2.41. The van der Waals surface area contributed by atoms with Crippen LogP contribution < -0.4 is 11.3 Å². The molecule has 1 fully saturated rings. The molecule has 0 heterocycles. The van der Waals surface area contributed by atoms with E-state index in [-0.39, 0.29) is 0 Å². The van der Waals surface area contributed by atoms with Crippen molar-refractivity contribution in [2.24, 2.45) is 11.3 Å². The molecule has 2 heteroatoms. The van der Waals surface area contributed by atoms with Gasteiger partial charge in [0.2, 0.25) is 0 Å². The first-order valence-electron chi connectivity index (χ1n) is 4.72. The summed E-state index contributed by atoms with van der Waals surface area (Å²) in [4.78, 5) is 0. The van der Waals surface area contributed by atoms with Crippen LogP contribution in [-0.4, -0.2) is 6.04 Å². The molecule has 1 rings (SSSR count). The van der Waals surface area contributed by atoms with E-state index in [1.165, 1.54) is 25.7 Å². The fraction of sp³-hybridized carbons (Fsp3) is 0.800. The van der Waals surface area contributed by atoms with Gasteiger partial charge in [-0.15, -0.1) is 0 Å². The SMILES string of the molecule is C=C(C)C(NN)C1(C)CCCC1. The molecule has 0 spiro atoms. The maximum absolute atomic E-state index is 5.53. The van der Waals surface area contributed by atoms with Crippen LogP contribution >= 0.6 is 0 Å². The Hall–Kier alpha value is -0.340. The Labute approximate surface area is 75.2 Å². The van der Waals surface area contributed by atoms with Crippen molar-refractivity contribution in [3.05, 3.63) is 12.2 Å². The summed E-state index contributed by atoms with van der Waals surface area (Å²) in [5, 5.41) is 0. The molecule has 1 aliphatic rings. The highest BCUT2D eigenvalue weighted by atomic mass is 15.2. The van der Waals surface area contributed by atoms with E-state index in [1.807, 2.05) is 6.92 Å². The molecule has 0 aromatic carbocycles. The number of hydrogen-bond acceptors (Lipinski definition) is 2. The molecule has 0 amide bonds. The predicted octanol–water partition coefficient (Wildman–Crippen LogP) is 1.97. The monoisotopic (exact) mass is 168 g/mol. The van der Waals surface area contributed by atoms with Crippen LogP contribution in [0.5, 0.6) is 0 Å². The van der Waals surface area contributed by atoms with Crippen molar-refractivity contribution < 1.29 is 0 Å². The number of nitrogens with two attached hydrogens (primary N) is 1. The average molecular weight is 168 g/mol. The van der Waals surface area contributed by atoms with Crippen LogP contribution in [0.15, 0.2) is 12.2 Å². The first-order chi connectivity index (χ1) is 5.60. The first kappa shape index (κ1) is 9.75. The van der Waals surface area contributed by atoms with E-state index in [2.05, 4.69) is 18.9 Å². The van der Waals surface area contributed by atoms with Crippen LogP contribution in [0.4, 0.5) is 0 Å². The number of nitrogens with one attached hydrogen (secondary N) is 1. The van der Waals surface area contributed by atoms with Crippen molar-refractivity contribution in [1.82, 2.24) is 5.43 Å². The summed E-state index contributed by atoms with van der Waals surface area (Å²) < 4.78 is 0. The van der Waals surface area contributed by atoms with E-state index in [9.17, 15) is 0 Å². The van der Waals surface area contributed by atoms with Gasteiger partial charge < -0.3 is 0 Å². The van der Waals surface area contributed by atoms with Crippen LogP contribution in [0, 0.1) is 5.41 Å². The smallest absolute Gasteiger partial charge is 0.0468 e. The Morgan fingerprint density at radius 2 is 2.00 bits per heavy atom. The summed E-state index contributed by atoms with van der Waals surface area (Å²) in [5.74, 6) is 5.53. The summed E-state index contributed by atoms with van der Waals surface area (Å²) in [6, 6.07) is 0.292. The lowest BCUT2D eigenvalue weighted by atomic mass is 9.78. The molecule has 0 aliphatic heterocycles. The van der Waals surface area contributed by atoms with Crippen LogP contribution in [0.3, 0.4) is 0 Å². The van der Waals surface area contributed by atoms with Crippen LogP contribution in [0.2, 0.25) is 0 Å². The van der Waals surface area contributed by atoms with E-state index >= 15 is 0 Å². The van der Waals surface area contributed by atoms with Crippen LogP contribution in [0.25, 0.3) is 0 Å². The highest BCUT2D eigenvalue weighted by Crippen LogP contribution is 2.42. The zero-order valence-electron chi connectivity index (χ0n) is 8.19. The number of rotatable bonds is 3. The minimum Gasteiger partial charge on any atom is -0.271 e. The van der Waals surface area contributed by atoms with Crippen LogP contribution in [0.1, 0.15) is 39.5 Å². The molecule has 2 nitrogen and oxygen atoms in total. The summed E-state index contributed by atoms with van der Waals surface area (Å²) in [5.41, 5.74) is 4.39. The van der Waals surface area contributed by atoms with Gasteiger partial charge in [-0.3, -0.25) is 11.3 Å². The lowest BCUT2D eigenvalue weighted by Crippen LogP contribution is -2.46. The summed E-state index contributed by atoms with van der Waals surface area (Å²) in [6.45, 7) is 8.33. The van der Waals surface area contributed by atoms with Gasteiger partial charge in [0.05, 0.1) is 0 Å². The van der Waals surface area contributed by atoms with Gasteiger partial charge in [-0.1, -0.05) is 31.9 Å². The molecule has 0 aromatic rings. The van der Waals surface area contributed by atoms with Gasteiger partial charge in [0.1, 0.15) is 0 Å². The molecule has 0 bridgehead atoms. The third-order valence-electron chi connectivity index (χ3n) is 3.10. The van der Waals surface area contributed by atoms with Gasteiger partial charge >= 0.3 is 0 Å². The third kappa shape index (κ3) is 1.70. The van der Waals surface area contributed by atoms with Crippen molar-refractivity contribution >= 4 is 0 Å².